The predicted molar refractivity (Wildman–Crippen MR) is 70.8 cm³/mol. The Kier molecular flexibility index (Phi) is 6.34. The van der Waals surface area contributed by atoms with E-state index >= 15 is 0 Å². The van der Waals surface area contributed by atoms with Crippen molar-refractivity contribution in [2.24, 2.45) is 0 Å². The number of ether oxygens (including phenoxy) is 2. The fraction of sp³-hybridized carbons (Fsp3) is 0.538. The molecule has 1 aromatic rings. The number of halogens is 1. The minimum absolute atomic E-state index is 0.0136. The minimum Gasteiger partial charge on any atom is -0.486 e. The maximum Gasteiger partial charge on any atom is 0.142 e. The molecule has 0 spiro atoms. The molecule has 3 nitrogen and oxygen atoms in total. The van der Waals surface area contributed by atoms with E-state index < -0.39 is 0 Å². The summed E-state index contributed by atoms with van der Waals surface area (Å²) in [7, 11) is 1.66. The summed E-state index contributed by atoms with van der Waals surface area (Å²) in [6.45, 7) is 6.25. The highest BCUT2D eigenvalue weighted by Gasteiger charge is 2.11. The number of para-hydroxylation sites is 1. The molecular formula is C13H20ClNO2. The van der Waals surface area contributed by atoms with Gasteiger partial charge in [0.05, 0.1) is 11.6 Å². The molecule has 0 aliphatic carbocycles. The maximum atomic E-state index is 6.16. The summed E-state index contributed by atoms with van der Waals surface area (Å²) >= 11 is 6.16. The molecule has 1 rings (SSSR count). The first-order valence-electron chi connectivity index (χ1n) is 5.82. The molecule has 0 heterocycles. The summed E-state index contributed by atoms with van der Waals surface area (Å²) in [5.41, 5.74) is 1.07. The lowest BCUT2D eigenvalue weighted by Gasteiger charge is -2.18. The number of benzene rings is 1. The van der Waals surface area contributed by atoms with Gasteiger partial charge in [-0.2, -0.15) is 0 Å². The molecule has 0 aliphatic heterocycles. The van der Waals surface area contributed by atoms with Gasteiger partial charge in [-0.1, -0.05) is 30.7 Å². The molecule has 1 N–H and O–H groups in total. The van der Waals surface area contributed by atoms with E-state index in [1.54, 1.807) is 7.11 Å². The lowest BCUT2D eigenvalue weighted by atomic mass is 10.2. The van der Waals surface area contributed by atoms with E-state index in [9.17, 15) is 0 Å². The van der Waals surface area contributed by atoms with Crippen LogP contribution in [-0.2, 0) is 11.3 Å². The number of nitrogens with one attached hydrogen (secondary N) is 1. The number of hydrogen-bond donors (Lipinski definition) is 1. The fourth-order valence-electron chi connectivity index (χ4n) is 1.55. The summed E-state index contributed by atoms with van der Waals surface area (Å²) in [6, 6.07) is 5.79. The number of hydrogen-bond acceptors (Lipinski definition) is 3. The van der Waals surface area contributed by atoms with Crippen LogP contribution in [0.15, 0.2) is 18.2 Å². The zero-order chi connectivity index (χ0) is 12.7. The van der Waals surface area contributed by atoms with Crippen molar-refractivity contribution in [3.05, 3.63) is 28.8 Å². The molecule has 96 valence electrons. The van der Waals surface area contributed by atoms with E-state index in [2.05, 4.69) is 12.2 Å². The van der Waals surface area contributed by atoms with Crippen LogP contribution in [0.25, 0.3) is 0 Å². The van der Waals surface area contributed by atoms with Crippen LogP contribution in [-0.4, -0.2) is 26.4 Å². The lowest BCUT2D eigenvalue weighted by Crippen LogP contribution is -2.20. The molecule has 0 aliphatic rings. The smallest absolute Gasteiger partial charge is 0.142 e. The van der Waals surface area contributed by atoms with Crippen LogP contribution in [0.3, 0.4) is 0 Å². The van der Waals surface area contributed by atoms with Crippen LogP contribution >= 0.6 is 11.6 Å². The van der Waals surface area contributed by atoms with Crippen LogP contribution in [0.5, 0.6) is 5.75 Å². The highest BCUT2D eigenvalue weighted by molar-refractivity contribution is 6.32. The Hall–Kier alpha value is -0.770. The molecule has 1 unspecified atom stereocenters. The van der Waals surface area contributed by atoms with Gasteiger partial charge in [0.1, 0.15) is 11.9 Å². The maximum absolute atomic E-state index is 6.16. The van der Waals surface area contributed by atoms with Crippen molar-refractivity contribution in [3.63, 3.8) is 0 Å². The second-order valence-electron chi connectivity index (χ2n) is 3.89. The fourth-order valence-corrected chi connectivity index (χ4v) is 1.79. The van der Waals surface area contributed by atoms with Gasteiger partial charge in [-0.15, -0.1) is 0 Å². The quantitative estimate of drug-likeness (QED) is 0.815. The summed E-state index contributed by atoms with van der Waals surface area (Å²) in [5.74, 6) is 0.750. The van der Waals surface area contributed by atoms with Crippen molar-refractivity contribution in [3.8, 4) is 5.75 Å². The van der Waals surface area contributed by atoms with Gasteiger partial charge >= 0.3 is 0 Å². The average molecular weight is 258 g/mol. The summed E-state index contributed by atoms with van der Waals surface area (Å²) in [4.78, 5) is 0. The van der Waals surface area contributed by atoms with Crippen molar-refractivity contribution in [1.82, 2.24) is 5.32 Å². The average Bonchev–Trinajstić information content (AvgIpc) is 2.30. The standard InChI is InChI=1S/C13H20ClNO2/c1-4-15-8-11-6-5-7-12(14)13(11)17-10(2)9-16-3/h5-7,10,15H,4,8-9H2,1-3H3. The molecule has 0 aromatic heterocycles. The molecule has 0 bridgehead atoms. The lowest BCUT2D eigenvalue weighted by molar-refractivity contribution is 0.0914. The van der Waals surface area contributed by atoms with E-state index in [1.807, 2.05) is 25.1 Å². The topological polar surface area (TPSA) is 30.5 Å². The van der Waals surface area contributed by atoms with Gasteiger partial charge in [-0.05, 0) is 19.5 Å². The highest BCUT2D eigenvalue weighted by Crippen LogP contribution is 2.29. The first-order valence-corrected chi connectivity index (χ1v) is 6.20. The van der Waals surface area contributed by atoms with Crippen LogP contribution < -0.4 is 10.1 Å². The van der Waals surface area contributed by atoms with Crippen molar-refractivity contribution >= 4 is 11.6 Å². The molecule has 0 saturated heterocycles. The highest BCUT2D eigenvalue weighted by atomic mass is 35.5. The molecular weight excluding hydrogens is 238 g/mol. The largest absolute Gasteiger partial charge is 0.486 e. The Balaban J connectivity index is 2.79. The van der Waals surface area contributed by atoms with E-state index in [0.717, 1.165) is 24.4 Å². The third kappa shape index (κ3) is 4.54. The Labute approximate surface area is 108 Å². The molecule has 0 radical (unpaired) electrons. The zero-order valence-electron chi connectivity index (χ0n) is 10.6. The van der Waals surface area contributed by atoms with Gasteiger partial charge in [0, 0.05) is 19.2 Å². The van der Waals surface area contributed by atoms with Crippen molar-refractivity contribution in [2.45, 2.75) is 26.5 Å². The molecule has 0 saturated carbocycles. The van der Waals surface area contributed by atoms with Crippen molar-refractivity contribution < 1.29 is 9.47 Å². The molecule has 1 atom stereocenters. The third-order valence-corrected chi connectivity index (χ3v) is 2.63. The Morgan fingerprint density at radius 1 is 1.41 bits per heavy atom. The molecule has 4 heteroatoms. The molecule has 1 aromatic carbocycles. The Morgan fingerprint density at radius 3 is 2.82 bits per heavy atom. The molecule has 0 fully saturated rings. The van der Waals surface area contributed by atoms with Crippen LogP contribution in [0.2, 0.25) is 5.02 Å². The van der Waals surface area contributed by atoms with E-state index in [0.29, 0.717) is 11.6 Å². The third-order valence-electron chi connectivity index (χ3n) is 2.33. The van der Waals surface area contributed by atoms with E-state index in [4.69, 9.17) is 21.1 Å². The van der Waals surface area contributed by atoms with Crippen molar-refractivity contribution in [1.29, 1.82) is 0 Å². The monoisotopic (exact) mass is 257 g/mol. The number of rotatable bonds is 7. The molecule has 0 amide bonds. The van der Waals surface area contributed by atoms with Crippen LogP contribution in [0.1, 0.15) is 19.4 Å². The SMILES string of the molecule is CCNCc1cccc(Cl)c1OC(C)COC. The summed E-state index contributed by atoms with van der Waals surface area (Å²) in [5, 5.41) is 3.91. The van der Waals surface area contributed by atoms with Gasteiger partial charge in [0.15, 0.2) is 0 Å². The van der Waals surface area contributed by atoms with Gasteiger partial charge in [-0.3, -0.25) is 0 Å². The predicted octanol–water partition coefficient (Wildman–Crippen LogP) is 2.86. The first-order chi connectivity index (χ1) is 8.19. The second-order valence-corrected chi connectivity index (χ2v) is 4.30. The van der Waals surface area contributed by atoms with Gasteiger partial charge < -0.3 is 14.8 Å². The number of methoxy groups -OCH3 is 1. The normalized spacial score (nSPS) is 12.5. The summed E-state index contributed by atoms with van der Waals surface area (Å²) < 4.78 is 10.9. The van der Waals surface area contributed by atoms with Crippen molar-refractivity contribution in [2.75, 3.05) is 20.3 Å². The zero-order valence-corrected chi connectivity index (χ0v) is 11.4. The van der Waals surface area contributed by atoms with Crippen LogP contribution in [0, 0.1) is 0 Å². The summed E-state index contributed by atoms with van der Waals surface area (Å²) in [6.07, 6.45) is -0.0136. The van der Waals surface area contributed by atoms with Gasteiger partial charge in [0.25, 0.3) is 0 Å². The Bertz CT molecular complexity index is 344. The molecule has 17 heavy (non-hydrogen) atoms. The van der Waals surface area contributed by atoms with Crippen LogP contribution in [0.4, 0.5) is 0 Å². The van der Waals surface area contributed by atoms with Gasteiger partial charge in [0.2, 0.25) is 0 Å². The second kappa shape index (κ2) is 7.54. The van der Waals surface area contributed by atoms with Gasteiger partial charge in [-0.25, -0.2) is 0 Å². The Morgan fingerprint density at radius 2 is 2.18 bits per heavy atom. The van der Waals surface area contributed by atoms with E-state index in [-0.39, 0.29) is 6.10 Å². The van der Waals surface area contributed by atoms with E-state index in [1.165, 1.54) is 0 Å². The first kappa shape index (κ1) is 14.3. The minimum atomic E-state index is -0.0136.